The van der Waals surface area contributed by atoms with Crippen LogP contribution < -0.4 is 10.2 Å². The van der Waals surface area contributed by atoms with E-state index in [9.17, 15) is 0 Å². The first kappa shape index (κ1) is 7.79. The fraction of sp³-hybridized carbons (Fsp3) is 0.111. The van der Waals surface area contributed by atoms with Crippen molar-refractivity contribution in [1.29, 1.82) is 0 Å². The number of rotatable bonds is 2. The first-order chi connectivity index (χ1) is 6.40. The van der Waals surface area contributed by atoms with Gasteiger partial charge in [0.15, 0.2) is 0 Å². The molecule has 1 aromatic carbocycles. The van der Waals surface area contributed by atoms with E-state index in [0.717, 1.165) is 17.0 Å². The Balaban J connectivity index is 2.27. The van der Waals surface area contributed by atoms with Crippen LogP contribution in [0.3, 0.4) is 0 Å². The Labute approximate surface area is 75.9 Å². The molecule has 0 atom stereocenters. The standard InChI is InChI=1S/C9H8N3O/c1-13-8-4-2-7(3-5-8)9-6-10-12-11-9/h2-6H,1H3. The van der Waals surface area contributed by atoms with Gasteiger partial charge >= 0.3 is 0 Å². The van der Waals surface area contributed by atoms with Crippen LogP contribution in [-0.2, 0) is 0 Å². The fourth-order valence-corrected chi connectivity index (χ4v) is 1.07. The minimum Gasteiger partial charge on any atom is -0.497 e. The minimum absolute atomic E-state index is 0.780. The van der Waals surface area contributed by atoms with Gasteiger partial charge in [0.1, 0.15) is 11.4 Å². The Bertz CT molecular complexity index is 354. The third-order valence-electron chi connectivity index (χ3n) is 1.77. The van der Waals surface area contributed by atoms with E-state index in [0.29, 0.717) is 0 Å². The van der Waals surface area contributed by atoms with Crippen LogP contribution in [0.1, 0.15) is 5.56 Å². The van der Waals surface area contributed by atoms with E-state index >= 15 is 0 Å². The summed E-state index contributed by atoms with van der Waals surface area (Å²) >= 11 is 0. The second-order valence-corrected chi connectivity index (χ2v) is 2.55. The molecule has 4 heteroatoms. The molecule has 0 saturated heterocycles. The topological polar surface area (TPSA) is 48.0 Å². The van der Waals surface area contributed by atoms with Gasteiger partial charge in [-0.1, -0.05) is 0 Å². The summed E-state index contributed by atoms with van der Waals surface area (Å²) in [6.45, 7) is 0. The zero-order chi connectivity index (χ0) is 9.10. The molecule has 4 nitrogen and oxygen atoms in total. The van der Waals surface area contributed by atoms with E-state index in [2.05, 4.69) is 15.8 Å². The molecule has 0 fully saturated rings. The van der Waals surface area contributed by atoms with E-state index < -0.39 is 0 Å². The van der Waals surface area contributed by atoms with Gasteiger partial charge in [-0.15, -0.1) is 10.5 Å². The molecule has 0 aliphatic carbocycles. The number of hydrogen-bond donors (Lipinski definition) is 0. The van der Waals surface area contributed by atoms with Gasteiger partial charge in [0.2, 0.25) is 0 Å². The summed E-state index contributed by atoms with van der Waals surface area (Å²) in [7, 11) is 1.64. The van der Waals surface area contributed by atoms with Crippen LogP contribution >= 0.6 is 0 Å². The van der Waals surface area contributed by atoms with Crippen molar-refractivity contribution in [2.45, 2.75) is 0 Å². The zero-order valence-corrected chi connectivity index (χ0v) is 7.14. The van der Waals surface area contributed by atoms with Gasteiger partial charge in [-0.2, -0.15) is 0 Å². The summed E-state index contributed by atoms with van der Waals surface area (Å²) in [5, 5.41) is 7.35. The highest BCUT2D eigenvalue weighted by Gasteiger charge is 2.04. The van der Waals surface area contributed by atoms with Crippen molar-refractivity contribution < 1.29 is 4.74 Å². The smallest absolute Gasteiger partial charge is 0.118 e. The van der Waals surface area contributed by atoms with Crippen molar-refractivity contribution in [3.63, 3.8) is 0 Å². The summed E-state index contributed by atoms with van der Waals surface area (Å²) in [5.41, 5.74) is 5.42. The van der Waals surface area contributed by atoms with Crippen LogP contribution in [0.4, 0.5) is 0 Å². The van der Waals surface area contributed by atoms with E-state index in [1.807, 2.05) is 24.3 Å². The molecule has 1 aliphatic rings. The molecule has 0 spiro atoms. The second-order valence-electron chi connectivity index (χ2n) is 2.55. The highest BCUT2D eigenvalue weighted by atomic mass is 16.5. The number of benzene rings is 1. The number of ether oxygens (including phenoxy) is 1. The van der Waals surface area contributed by atoms with Crippen LogP contribution in [0.15, 0.2) is 40.8 Å². The molecule has 0 unspecified atom stereocenters. The van der Waals surface area contributed by atoms with Gasteiger partial charge in [-0.3, -0.25) is 0 Å². The molecule has 2 rings (SSSR count). The van der Waals surface area contributed by atoms with Crippen molar-refractivity contribution >= 4 is 5.70 Å². The predicted octanol–water partition coefficient (Wildman–Crippen LogP) is 1.98. The predicted molar refractivity (Wildman–Crippen MR) is 48.0 cm³/mol. The first-order valence-electron chi connectivity index (χ1n) is 3.85. The first-order valence-corrected chi connectivity index (χ1v) is 3.85. The lowest BCUT2D eigenvalue weighted by Gasteiger charge is -2.00. The molecular weight excluding hydrogens is 166 g/mol. The molecule has 0 aromatic heterocycles. The van der Waals surface area contributed by atoms with E-state index in [-0.39, 0.29) is 0 Å². The van der Waals surface area contributed by atoms with E-state index in [1.165, 1.54) is 0 Å². The Hall–Kier alpha value is -1.84. The summed E-state index contributed by atoms with van der Waals surface area (Å²) in [6, 6.07) is 7.60. The SMILES string of the molecule is COc1ccc(C2=C[N]N=N2)cc1. The molecule has 0 saturated carbocycles. The summed E-state index contributed by atoms with van der Waals surface area (Å²) in [4.78, 5) is 0. The Morgan fingerprint density at radius 1 is 1.15 bits per heavy atom. The van der Waals surface area contributed by atoms with Crippen LogP contribution in [0.2, 0.25) is 0 Å². The Morgan fingerprint density at radius 2 is 1.92 bits per heavy atom. The second kappa shape index (κ2) is 3.26. The molecular formula is C9H8N3O. The highest BCUT2D eigenvalue weighted by Crippen LogP contribution is 2.21. The largest absolute Gasteiger partial charge is 0.497 e. The van der Waals surface area contributed by atoms with Crippen molar-refractivity contribution in [3.05, 3.63) is 36.0 Å². The van der Waals surface area contributed by atoms with Gasteiger partial charge in [0.25, 0.3) is 0 Å². The maximum atomic E-state index is 5.03. The molecule has 65 valence electrons. The van der Waals surface area contributed by atoms with Crippen molar-refractivity contribution in [3.8, 4) is 5.75 Å². The zero-order valence-electron chi connectivity index (χ0n) is 7.14. The summed E-state index contributed by atoms with van der Waals surface area (Å²) in [6.07, 6.45) is 1.63. The monoisotopic (exact) mass is 174 g/mol. The van der Waals surface area contributed by atoms with Crippen LogP contribution in [-0.4, -0.2) is 7.11 Å². The molecule has 13 heavy (non-hydrogen) atoms. The molecule has 0 N–H and O–H groups in total. The molecule has 0 bridgehead atoms. The molecule has 0 amide bonds. The van der Waals surface area contributed by atoms with Crippen LogP contribution in [0.25, 0.3) is 5.70 Å². The number of methoxy groups -OCH3 is 1. The van der Waals surface area contributed by atoms with E-state index in [1.54, 1.807) is 13.3 Å². The summed E-state index contributed by atoms with van der Waals surface area (Å²) < 4.78 is 5.03. The van der Waals surface area contributed by atoms with Crippen LogP contribution in [0, 0.1) is 0 Å². The Kier molecular flexibility index (Phi) is 1.96. The maximum absolute atomic E-state index is 5.03. The van der Waals surface area contributed by atoms with Gasteiger partial charge in [0, 0.05) is 5.56 Å². The van der Waals surface area contributed by atoms with Crippen LogP contribution in [0.5, 0.6) is 5.75 Å². The van der Waals surface area contributed by atoms with Crippen molar-refractivity contribution in [1.82, 2.24) is 5.43 Å². The average molecular weight is 174 g/mol. The average Bonchev–Trinajstić information content (AvgIpc) is 2.71. The van der Waals surface area contributed by atoms with Gasteiger partial charge in [-0.25, -0.2) is 0 Å². The lowest BCUT2D eigenvalue weighted by molar-refractivity contribution is 0.415. The summed E-state index contributed by atoms with van der Waals surface area (Å²) in [5.74, 6) is 0.830. The highest BCUT2D eigenvalue weighted by molar-refractivity contribution is 5.65. The fourth-order valence-electron chi connectivity index (χ4n) is 1.07. The molecule has 1 heterocycles. The van der Waals surface area contributed by atoms with E-state index in [4.69, 9.17) is 4.74 Å². The number of hydrogen-bond acceptors (Lipinski definition) is 3. The molecule has 1 radical (unpaired) electrons. The van der Waals surface area contributed by atoms with Gasteiger partial charge < -0.3 is 4.74 Å². The third kappa shape index (κ3) is 1.51. The third-order valence-corrected chi connectivity index (χ3v) is 1.77. The van der Waals surface area contributed by atoms with Crippen molar-refractivity contribution in [2.24, 2.45) is 10.3 Å². The molecule has 1 aliphatic heterocycles. The molecule has 1 aromatic rings. The lowest BCUT2D eigenvalue weighted by atomic mass is 10.2. The van der Waals surface area contributed by atoms with Gasteiger partial charge in [-0.05, 0) is 29.5 Å². The normalized spacial score (nSPS) is 13.8. The van der Waals surface area contributed by atoms with Crippen molar-refractivity contribution in [2.75, 3.05) is 7.11 Å². The maximum Gasteiger partial charge on any atom is 0.118 e. The minimum atomic E-state index is 0.780. The Morgan fingerprint density at radius 3 is 2.46 bits per heavy atom. The quantitative estimate of drug-likeness (QED) is 0.676. The lowest BCUT2D eigenvalue weighted by Crippen LogP contribution is -1.83. The number of nitrogens with zero attached hydrogens (tertiary/aromatic N) is 3. The van der Waals surface area contributed by atoms with Gasteiger partial charge in [0.05, 0.1) is 13.3 Å².